The lowest BCUT2D eigenvalue weighted by molar-refractivity contribution is 1.32. The van der Waals surface area contributed by atoms with Crippen LogP contribution in [0.4, 0.5) is 5.82 Å². The molecule has 1 rings (SSSR count). The van der Waals surface area contributed by atoms with E-state index < -0.39 is 0 Å². The van der Waals surface area contributed by atoms with E-state index in [1.165, 1.54) is 0 Å². The van der Waals surface area contributed by atoms with Crippen LogP contribution in [0.5, 0.6) is 0 Å². The zero-order valence-electron chi connectivity index (χ0n) is 9.13. The summed E-state index contributed by atoms with van der Waals surface area (Å²) in [7, 11) is 0. The van der Waals surface area contributed by atoms with Gasteiger partial charge in [0.2, 0.25) is 0 Å². The average Bonchev–Trinajstić information content (AvgIpc) is 2.24. The Morgan fingerprint density at radius 2 is 1.79 bits per heavy atom. The molecule has 1 aromatic rings. The summed E-state index contributed by atoms with van der Waals surface area (Å²) in [6.07, 6.45) is 1.14. The third-order valence-electron chi connectivity index (χ3n) is 1.08. The molecule has 1 heterocycles. The zero-order valence-corrected chi connectivity index (χ0v) is 9.89. The van der Waals surface area contributed by atoms with Gasteiger partial charge in [-0.2, -0.15) is 0 Å². The minimum Gasteiger partial charge on any atom is -0.383 e. The second kappa shape index (κ2) is 9.99. The summed E-state index contributed by atoms with van der Waals surface area (Å²) in [6, 6.07) is 3.25. The first-order valence-electron chi connectivity index (χ1n) is 4.66. The van der Waals surface area contributed by atoms with E-state index in [9.17, 15) is 0 Å². The normalized spacial score (nSPS) is 7.50. The number of hydrogen-bond donors (Lipinski definition) is 2. The largest absolute Gasteiger partial charge is 0.383 e. The average molecular weight is 216 g/mol. The molecule has 0 spiro atoms. The molecule has 0 aliphatic carbocycles. The lowest BCUT2D eigenvalue weighted by Gasteiger charge is -1.96. The molecule has 0 saturated heterocycles. The maximum absolute atomic E-state index is 6.87. The summed E-state index contributed by atoms with van der Waals surface area (Å²) in [5.74, 6) is 0.294. The smallest absolute Gasteiger partial charge is 0.133 e. The van der Waals surface area contributed by atoms with Crippen LogP contribution in [-0.2, 0) is 0 Å². The van der Waals surface area contributed by atoms with Crippen molar-refractivity contribution in [2.45, 2.75) is 27.7 Å². The highest BCUT2D eigenvalue weighted by atomic mass is 35.5. The lowest BCUT2D eigenvalue weighted by atomic mass is 10.3. The van der Waals surface area contributed by atoms with Crippen molar-refractivity contribution in [1.82, 2.24) is 4.98 Å². The maximum Gasteiger partial charge on any atom is 0.133 e. The van der Waals surface area contributed by atoms with Gasteiger partial charge in [0.05, 0.1) is 0 Å². The number of rotatable bonds is 1. The second-order valence-corrected chi connectivity index (χ2v) is 2.14. The molecule has 3 nitrogen and oxygen atoms in total. The van der Waals surface area contributed by atoms with Crippen LogP contribution in [0.3, 0.4) is 0 Å². The van der Waals surface area contributed by atoms with Crippen molar-refractivity contribution >= 4 is 23.6 Å². The van der Waals surface area contributed by atoms with Crippen LogP contribution in [-0.4, -0.2) is 11.2 Å². The Balaban J connectivity index is 0. The number of hydrogen-bond acceptors (Lipinski definition) is 3. The summed E-state index contributed by atoms with van der Waals surface area (Å²) in [5.41, 5.74) is 5.97. The predicted molar refractivity (Wildman–Crippen MR) is 64.2 cm³/mol. The van der Waals surface area contributed by atoms with Gasteiger partial charge in [0.15, 0.2) is 0 Å². The van der Waals surface area contributed by atoms with Gasteiger partial charge >= 0.3 is 0 Å². The summed E-state index contributed by atoms with van der Waals surface area (Å²) in [4.78, 5) is 3.74. The van der Waals surface area contributed by atoms with Crippen LogP contribution in [0.2, 0.25) is 5.15 Å². The van der Waals surface area contributed by atoms with Gasteiger partial charge in [-0.25, -0.2) is 4.98 Å². The molecule has 0 radical (unpaired) electrons. The van der Waals surface area contributed by atoms with E-state index in [0.717, 1.165) is 6.21 Å². The number of anilines is 1. The van der Waals surface area contributed by atoms with Crippen LogP contribution < -0.4 is 5.73 Å². The van der Waals surface area contributed by atoms with Crippen LogP contribution >= 0.6 is 11.6 Å². The summed E-state index contributed by atoms with van der Waals surface area (Å²) >= 11 is 5.51. The molecule has 80 valence electrons. The number of nitrogens with two attached hydrogens (primary N) is 1. The third-order valence-corrected chi connectivity index (χ3v) is 1.29. The molecule has 0 fully saturated rings. The Bertz CT molecular complexity index is 262. The second-order valence-electron chi connectivity index (χ2n) is 1.75. The third kappa shape index (κ3) is 5.54. The monoisotopic (exact) mass is 215 g/mol. The first-order valence-corrected chi connectivity index (χ1v) is 5.04. The molecule has 0 saturated carbocycles. The number of pyridine rings is 1. The molecular formula is C10H18ClN3. The van der Waals surface area contributed by atoms with Gasteiger partial charge in [0.25, 0.3) is 0 Å². The molecular weight excluding hydrogens is 198 g/mol. The standard InChI is InChI=1S/C6H6ClN3.2C2H6/c7-5-2-1-4(3-8)6(9)10-5;2*1-2/h1-3,8H,(H2,9,10);2*1-2H3. The molecule has 0 aliphatic rings. The number of aromatic nitrogens is 1. The number of halogens is 1. The van der Waals surface area contributed by atoms with Crippen molar-refractivity contribution in [2.75, 3.05) is 5.73 Å². The van der Waals surface area contributed by atoms with Gasteiger partial charge < -0.3 is 11.1 Å². The fourth-order valence-corrected chi connectivity index (χ4v) is 0.737. The van der Waals surface area contributed by atoms with E-state index in [-0.39, 0.29) is 0 Å². The van der Waals surface area contributed by atoms with E-state index in [0.29, 0.717) is 16.5 Å². The summed E-state index contributed by atoms with van der Waals surface area (Å²) < 4.78 is 0. The summed E-state index contributed by atoms with van der Waals surface area (Å²) in [5, 5.41) is 7.22. The van der Waals surface area contributed by atoms with Crippen LogP contribution in [0.25, 0.3) is 0 Å². The Labute approximate surface area is 90.8 Å². The number of nitrogens with zero attached hydrogens (tertiary/aromatic N) is 1. The molecule has 14 heavy (non-hydrogen) atoms. The highest BCUT2D eigenvalue weighted by molar-refractivity contribution is 6.29. The van der Waals surface area contributed by atoms with Gasteiger partial charge in [-0.05, 0) is 12.1 Å². The SMILES string of the molecule is CC.CC.N=Cc1ccc(Cl)nc1N. The highest BCUT2D eigenvalue weighted by Gasteiger charge is 1.95. The summed E-state index contributed by atoms with van der Waals surface area (Å²) in [6.45, 7) is 8.00. The molecule has 0 aliphatic heterocycles. The Morgan fingerprint density at radius 1 is 1.29 bits per heavy atom. The van der Waals surface area contributed by atoms with E-state index >= 15 is 0 Å². The number of nitrogen functional groups attached to an aromatic ring is 1. The van der Waals surface area contributed by atoms with Gasteiger partial charge in [0.1, 0.15) is 11.0 Å². The lowest BCUT2D eigenvalue weighted by Crippen LogP contribution is -1.95. The van der Waals surface area contributed by atoms with Crippen molar-refractivity contribution in [3.05, 3.63) is 22.8 Å². The minimum atomic E-state index is 0.294. The van der Waals surface area contributed by atoms with Gasteiger partial charge in [-0.3, -0.25) is 0 Å². The van der Waals surface area contributed by atoms with Gasteiger partial charge in [0, 0.05) is 11.8 Å². The molecule has 0 atom stereocenters. The molecule has 3 N–H and O–H groups in total. The fraction of sp³-hybridized carbons (Fsp3) is 0.400. The molecule has 0 unspecified atom stereocenters. The van der Waals surface area contributed by atoms with Crippen molar-refractivity contribution in [1.29, 1.82) is 5.41 Å². The van der Waals surface area contributed by atoms with Crippen LogP contribution in [0.15, 0.2) is 12.1 Å². The number of nitrogens with one attached hydrogen (secondary N) is 1. The molecule has 0 amide bonds. The zero-order chi connectivity index (χ0) is 11.6. The van der Waals surface area contributed by atoms with Crippen LogP contribution in [0, 0.1) is 5.41 Å². The van der Waals surface area contributed by atoms with E-state index in [1.54, 1.807) is 12.1 Å². The molecule has 0 aromatic carbocycles. The van der Waals surface area contributed by atoms with E-state index in [1.807, 2.05) is 27.7 Å². The quantitative estimate of drug-likeness (QED) is 0.557. The van der Waals surface area contributed by atoms with Gasteiger partial charge in [-0.1, -0.05) is 39.3 Å². The van der Waals surface area contributed by atoms with E-state index in [4.69, 9.17) is 22.7 Å². The maximum atomic E-state index is 6.87. The first-order chi connectivity index (χ1) is 6.74. The Morgan fingerprint density at radius 3 is 2.14 bits per heavy atom. The first kappa shape index (κ1) is 15.4. The topological polar surface area (TPSA) is 62.8 Å². The van der Waals surface area contributed by atoms with E-state index in [2.05, 4.69) is 4.98 Å². The Kier molecular flexibility index (Phi) is 11.0. The van der Waals surface area contributed by atoms with Crippen molar-refractivity contribution < 1.29 is 0 Å². The molecule has 1 aromatic heterocycles. The Hall–Kier alpha value is -1.09. The van der Waals surface area contributed by atoms with Crippen molar-refractivity contribution in [3.8, 4) is 0 Å². The predicted octanol–water partition coefficient (Wildman–Crippen LogP) is 3.37. The van der Waals surface area contributed by atoms with Crippen LogP contribution in [0.1, 0.15) is 33.3 Å². The fourth-order valence-electron chi connectivity index (χ4n) is 0.583. The van der Waals surface area contributed by atoms with Crippen molar-refractivity contribution in [3.63, 3.8) is 0 Å². The van der Waals surface area contributed by atoms with Gasteiger partial charge in [-0.15, -0.1) is 0 Å². The minimum absolute atomic E-state index is 0.294. The highest BCUT2D eigenvalue weighted by Crippen LogP contribution is 2.10. The molecule has 0 bridgehead atoms. The van der Waals surface area contributed by atoms with Crippen molar-refractivity contribution in [2.24, 2.45) is 0 Å². The molecule has 4 heteroatoms.